The normalized spacial score (nSPS) is 21.5. The van der Waals surface area contributed by atoms with Crippen molar-refractivity contribution in [1.82, 2.24) is 9.78 Å². The SMILES string of the molecule is O=[N+]([O-])c1nn(C2CCCOC2)cc1Br. The molecule has 6 nitrogen and oxygen atoms in total. The summed E-state index contributed by atoms with van der Waals surface area (Å²) in [5, 5.41) is 14.5. The first kappa shape index (κ1) is 10.6. The number of hydrogen-bond donors (Lipinski definition) is 0. The fourth-order valence-corrected chi connectivity index (χ4v) is 2.04. The largest absolute Gasteiger partial charge is 0.404 e. The second-order valence-corrected chi connectivity index (χ2v) is 4.26. The maximum absolute atomic E-state index is 10.6. The van der Waals surface area contributed by atoms with Crippen LogP contribution >= 0.6 is 15.9 Å². The number of aromatic nitrogens is 2. The van der Waals surface area contributed by atoms with Gasteiger partial charge in [0.25, 0.3) is 0 Å². The van der Waals surface area contributed by atoms with Crippen LogP contribution in [-0.2, 0) is 4.74 Å². The summed E-state index contributed by atoms with van der Waals surface area (Å²) in [5.41, 5.74) is 0. The molecule has 0 spiro atoms. The molecule has 1 aliphatic heterocycles. The molecule has 0 amide bonds. The molecule has 1 aromatic heterocycles. The highest BCUT2D eigenvalue weighted by Crippen LogP contribution is 2.26. The third kappa shape index (κ3) is 2.18. The highest BCUT2D eigenvalue weighted by atomic mass is 79.9. The first-order valence-corrected chi connectivity index (χ1v) is 5.44. The second-order valence-electron chi connectivity index (χ2n) is 3.41. The Kier molecular flexibility index (Phi) is 3.01. The van der Waals surface area contributed by atoms with E-state index in [9.17, 15) is 10.1 Å². The molecule has 2 heterocycles. The van der Waals surface area contributed by atoms with Crippen LogP contribution in [0.2, 0.25) is 0 Å². The lowest BCUT2D eigenvalue weighted by Crippen LogP contribution is -2.21. The van der Waals surface area contributed by atoms with Crippen LogP contribution in [0.3, 0.4) is 0 Å². The minimum Gasteiger partial charge on any atom is -0.379 e. The van der Waals surface area contributed by atoms with Crippen LogP contribution in [-0.4, -0.2) is 27.9 Å². The topological polar surface area (TPSA) is 70.2 Å². The molecule has 1 saturated heterocycles. The summed E-state index contributed by atoms with van der Waals surface area (Å²) < 4.78 is 7.33. The molecule has 1 aromatic rings. The zero-order chi connectivity index (χ0) is 10.8. The van der Waals surface area contributed by atoms with Gasteiger partial charge in [0.05, 0.1) is 23.9 Å². The molecule has 0 aliphatic carbocycles. The molecule has 7 heteroatoms. The van der Waals surface area contributed by atoms with Gasteiger partial charge in [-0.05, 0) is 33.7 Å². The lowest BCUT2D eigenvalue weighted by molar-refractivity contribution is -0.390. The van der Waals surface area contributed by atoms with Gasteiger partial charge in [-0.3, -0.25) is 0 Å². The molecule has 82 valence electrons. The van der Waals surface area contributed by atoms with Crippen LogP contribution in [0.5, 0.6) is 0 Å². The van der Waals surface area contributed by atoms with E-state index in [0.29, 0.717) is 11.1 Å². The first-order chi connectivity index (χ1) is 7.18. The van der Waals surface area contributed by atoms with Crippen molar-refractivity contribution in [3.63, 3.8) is 0 Å². The van der Waals surface area contributed by atoms with Gasteiger partial charge < -0.3 is 14.9 Å². The number of ether oxygens (including phenoxy) is 1. The number of nitrogens with zero attached hydrogens (tertiary/aromatic N) is 3. The van der Waals surface area contributed by atoms with Crippen LogP contribution in [0.15, 0.2) is 10.7 Å². The van der Waals surface area contributed by atoms with Crippen LogP contribution in [0.4, 0.5) is 5.82 Å². The summed E-state index contributed by atoms with van der Waals surface area (Å²) in [5.74, 6) is -0.138. The summed E-state index contributed by atoms with van der Waals surface area (Å²) >= 11 is 3.12. The van der Waals surface area contributed by atoms with Crippen molar-refractivity contribution in [2.24, 2.45) is 0 Å². The summed E-state index contributed by atoms with van der Waals surface area (Å²) in [6.45, 7) is 1.34. The highest BCUT2D eigenvalue weighted by molar-refractivity contribution is 9.10. The molecule has 0 bridgehead atoms. The fraction of sp³-hybridized carbons (Fsp3) is 0.625. The van der Waals surface area contributed by atoms with E-state index in [0.717, 1.165) is 19.4 Å². The molecule has 0 radical (unpaired) electrons. The predicted molar refractivity (Wildman–Crippen MR) is 55.7 cm³/mol. The molecule has 0 N–H and O–H groups in total. The van der Waals surface area contributed by atoms with E-state index in [1.54, 1.807) is 10.9 Å². The van der Waals surface area contributed by atoms with E-state index in [-0.39, 0.29) is 11.9 Å². The summed E-state index contributed by atoms with van der Waals surface area (Å²) in [4.78, 5) is 10.1. The Morgan fingerprint density at radius 3 is 3.07 bits per heavy atom. The third-order valence-corrected chi connectivity index (χ3v) is 2.91. The molecule has 0 aromatic carbocycles. The van der Waals surface area contributed by atoms with Crippen molar-refractivity contribution in [2.75, 3.05) is 13.2 Å². The third-order valence-electron chi connectivity index (χ3n) is 2.35. The molecule has 2 rings (SSSR count). The molecule has 1 atom stereocenters. The predicted octanol–water partition coefficient (Wildman–Crippen LogP) is 1.91. The smallest absolute Gasteiger partial charge is 0.379 e. The second kappa shape index (κ2) is 4.28. The van der Waals surface area contributed by atoms with Gasteiger partial charge in [0.2, 0.25) is 0 Å². The number of rotatable bonds is 2. The van der Waals surface area contributed by atoms with E-state index < -0.39 is 4.92 Å². The molecule has 15 heavy (non-hydrogen) atoms. The van der Waals surface area contributed by atoms with Crippen LogP contribution in [0.25, 0.3) is 0 Å². The minimum atomic E-state index is -0.496. The van der Waals surface area contributed by atoms with E-state index in [1.165, 1.54) is 0 Å². The van der Waals surface area contributed by atoms with Crippen LogP contribution in [0.1, 0.15) is 18.9 Å². The minimum absolute atomic E-state index is 0.115. The standard InChI is InChI=1S/C8H10BrN3O3/c9-7-4-11(10-8(7)12(13)14)6-2-1-3-15-5-6/h4,6H,1-3,5H2. The zero-order valence-corrected chi connectivity index (χ0v) is 9.51. The molecule has 1 aliphatic rings. The summed E-state index contributed by atoms with van der Waals surface area (Å²) in [6, 6.07) is 0.115. The van der Waals surface area contributed by atoms with Crippen LogP contribution in [0, 0.1) is 10.1 Å². The van der Waals surface area contributed by atoms with Crippen LogP contribution < -0.4 is 0 Å². The van der Waals surface area contributed by atoms with Crippen molar-refractivity contribution in [3.05, 3.63) is 20.8 Å². The van der Waals surface area contributed by atoms with Gasteiger partial charge in [0, 0.05) is 6.61 Å². The number of halogens is 1. The monoisotopic (exact) mass is 275 g/mol. The van der Waals surface area contributed by atoms with Gasteiger partial charge in [0.1, 0.15) is 4.47 Å². The highest BCUT2D eigenvalue weighted by Gasteiger charge is 2.25. The number of hydrogen-bond acceptors (Lipinski definition) is 4. The van der Waals surface area contributed by atoms with Crippen molar-refractivity contribution >= 4 is 21.7 Å². The van der Waals surface area contributed by atoms with Crippen molar-refractivity contribution in [2.45, 2.75) is 18.9 Å². The fourth-order valence-electron chi connectivity index (χ4n) is 1.60. The average molecular weight is 276 g/mol. The average Bonchev–Trinajstić information content (AvgIpc) is 2.62. The lowest BCUT2D eigenvalue weighted by Gasteiger charge is -2.19. The van der Waals surface area contributed by atoms with Crippen molar-refractivity contribution in [3.8, 4) is 0 Å². The van der Waals surface area contributed by atoms with E-state index in [1.807, 2.05) is 0 Å². The zero-order valence-electron chi connectivity index (χ0n) is 7.93. The van der Waals surface area contributed by atoms with Crippen molar-refractivity contribution in [1.29, 1.82) is 0 Å². The van der Waals surface area contributed by atoms with Crippen molar-refractivity contribution < 1.29 is 9.66 Å². The maximum atomic E-state index is 10.6. The van der Waals surface area contributed by atoms with Gasteiger partial charge in [-0.25, -0.2) is 0 Å². The molecule has 1 fully saturated rings. The Morgan fingerprint density at radius 1 is 1.73 bits per heavy atom. The Labute approximate surface area is 94.5 Å². The number of nitro groups is 1. The molecule has 0 saturated carbocycles. The Balaban J connectivity index is 2.21. The van der Waals surface area contributed by atoms with E-state index in [2.05, 4.69) is 21.0 Å². The molecular formula is C8H10BrN3O3. The summed E-state index contributed by atoms with van der Waals surface area (Å²) in [7, 11) is 0. The van der Waals surface area contributed by atoms with Gasteiger partial charge in [-0.1, -0.05) is 0 Å². The molecular weight excluding hydrogens is 266 g/mol. The van der Waals surface area contributed by atoms with Gasteiger partial charge in [-0.15, -0.1) is 0 Å². The van der Waals surface area contributed by atoms with Gasteiger partial charge in [-0.2, -0.15) is 4.68 Å². The van der Waals surface area contributed by atoms with Gasteiger partial charge in [0.15, 0.2) is 0 Å². The molecule has 1 unspecified atom stereocenters. The maximum Gasteiger partial charge on any atom is 0.404 e. The Hall–Kier alpha value is -0.950. The quantitative estimate of drug-likeness (QED) is 0.611. The van der Waals surface area contributed by atoms with E-state index >= 15 is 0 Å². The summed E-state index contributed by atoms with van der Waals surface area (Å²) in [6.07, 6.45) is 3.55. The Morgan fingerprint density at radius 2 is 2.53 bits per heavy atom. The lowest BCUT2D eigenvalue weighted by atomic mass is 10.1. The van der Waals surface area contributed by atoms with Gasteiger partial charge >= 0.3 is 5.82 Å². The Bertz CT molecular complexity index is 373. The first-order valence-electron chi connectivity index (χ1n) is 4.65. The van der Waals surface area contributed by atoms with E-state index in [4.69, 9.17) is 4.74 Å².